The van der Waals surface area contributed by atoms with Gasteiger partial charge in [-0.25, -0.2) is 14.4 Å². The molecule has 0 atom stereocenters. The summed E-state index contributed by atoms with van der Waals surface area (Å²) >= 11 is 0. The van der Waals surface area contributed by atoms with Crippen LogP contribution in [0.4, 0.5) is 0 Å². The van der Waals surface area contributed by atoms with Crippen molar-refractivity contribution in [2.75, 3.05) is 21.3 Å². The summed E-state index contributed by atoms with van der Waals surface area (Å²) < 4.78 is 15.3. The van der Waals surface area contributed by atoms with Gasteiger partial charge in [-0.2, -0.15) is 0 Å². The van der Waals surface area contributed by atoms with Crippen molar-refractivity contribution in [3.05, 3.63) is 225 Å². The molecular weight excluding hydrogens is 869 g/mol. The number of hydrogen-bond acceptors (Lipinski definition) is 8. The van der Waals surface area contributed by atoms with Crippen LogP contribution >= 0.6 is 0 Å². The van der Waals surface area contributed by atoms with Crippen molar-refractivity contribution >= 4 is 39.7 Å². The number of esters is 3. The molecule has 4 saturated carbocycles. The SMILES string of the molecule is COC(=O)c1ccc(C23CC4(c5ccc(C#Cc6ccc(C#Cc7cc8cccnc8c8ncccc78)cc6)cc5)CC(c5ccc(C(=O)OC)cc5)(C2)CC(c2ccc(C(=O)OC)cc2)(C4)C3)cc1. The third-order valence-electron chi connectivity index (χ3n) is 15.4. The van der Waals surface area contributed by atoms with E-state index in [0.29, 0.717) is 16.7 Å². The van der Waals surface area contributed by atoms with Crippen LogP contribution in [0, 0.1) is 23.7 Å². The molecule has 0 amide bonds. The van der Waals surface area contributed by atoms with Gasteiger partial charge in [-0.15, -0.1) is 0 Å². The van der Waals surface area contributed by atoms with E-state index in [-0.39, 0.29) is 39.6 Å². The molecule has 8 heteroatoms. The quantitative estimate of drug-likeness (QED) is 0.0674. The van der Waals surface area contributed by atoms with Gasteiger partial charge < -0.3 is 14.2 Å². The molecule has 0 aliphatic heterocycles. The van der Waals surface area contributed by atoms with Crippen LogP contribution in [0.1, 0.15) is 114 Å². The molecule has 8 aromatic rings. The number of carbonyl (C=O) groups is 3. The van der Waals surface area contributed by atoms with Crippen molar-refractivity contribution in [1.29, 1.82) is 0 Å². The largest absolute Gasteiger partial charge is 0.465 e. The number of rotatable bonds is 7. The summed E-state index contributed by atoms with van der Waals surface area (Å²) in [5.74, 6) is 12.4. The van der Waals surface area contributed by atoms with Crippen LogP contribution in [-0.2, 0) is 35.9 Å². The van der Waals surface area contributed by atoms with E-state index in [9.17, 15) is 14.4 Å². The first-order valence-corrected chi connectivity index (χ1v) is 23.5. The standard InChI is InChI=1S/C62H48N2O6/c1-68-56(65)44-18-26-50(27-19-44)60-35-59(36-61(38-60,51-28-20-45(21-29-51)57(66)69-2)40-62(37-59,39-60)52-30-22-46(23-31-52)58(67)70-3)49-24-15-43(16-25-49)13-10-41-8-11-42(12-9-41)14-17-47-34-48-6-4-32-63-54(48)55-53(47)7-5-33-64-55/h4-9,11-12,15-16,18-34H,35-40H2,1-3H3. The lowest BCUT2D eigenvalue weighted by atomic mass is 9.32. The zero-order chi connectivity index (χ0) is 48.1. The molecule has 2 aromatic heterocycles. The van der Waals surface area contributed by atoms with Crippen molar-refractivity contribution in [3.63, 3.8) is 0 Å². The predicted molar refractivity (Wildman–Crippen MR) is 270 cm³/mol. The highest BCUT2D eigenvalue weighted by Gasteiger charge is 2.69. The van der Waals surface area contributed by atoms with Gasteiger partial charge in [0.15, 0.2) is 0 Å². The van der Waals surface area contributed by atoms with Crippen molar-refractivity contribution < 1.29 is 28.6 Å². The van der Waals surface area contributed by atoms with Gasteiger partial charge in [-0.1, -0.05) is 78.3 Å². The third kappa shape index (κ3) is 7.67. The molecule has 8 nitrogen and oxygen atoms in total. The minimum atomic E-state index is -0.370. The summed E-state index contributed by atoms with van der Waals surface area (Å²) in [4.78, 5) is 47.2. The van der Waals surface area contributed by atoms with Gasteiger partial charge >= 0.3 is 17.9 Å². The number of pyridine rings is 2. The summed E-state index contributed by atoms with van der Waals surface area (Å²) in [5, 5.41) is 1.98. The van der Waals surface area contributed by atoms with Crippen molar-refractivity contribution in [2.24, 2.45) is 0 Å². The number of hydrogen-bond donors (Lipinski definition) is 0. The Labute approximate surface area is 407 Å². The molecule has 0 saturated heterocycles. The summed E-state index contributed by atoms with van der Waals surface area (Å²) in [7, 11) is 4.21. The fourth-order valence-corrected chi connectivity index (χ4v) is 12.8. The first-order chi connectivity index (χ1) is 34.1. The number of nitrogens with zero attached hydrogens (tertiary/aromatic N) is 2. The molecule has 4 aliphatic carbocycles. The molecule has 70 heavy (non-hydrogen) atoms. The first kappa shape index (κ1) is 44.2. The average molecular weight is 917 g/mol. The molecule has 0 unspecified atom stereocenters. The van der Waals surface area contributed by atoms with E-state index >= 15 is 0 Å². The molecule has 0 spiro atoms. The second-order valence-corrected chi connectivity index (χ2v) is 19.4. The lowest BCUT2D eigenvalue weighted by Gasteiger charge is -2.71. The fraction of sp³-hybridized carbons (Fsp3) is 0.210. The fourth-order valence-electron chi connectivity index (χ4n) is 12.8. The highest BCUT2D eigenvalue weighted by atomic mass is 16.5. The van der Waals surface area contributed by atoms with E-state index in [2.05, 4.69) is 100 Å². The molecule has 342 valence electrons. The van der Waals surface area contributed by atoms with Crippen LogP contribution in [0.2, 0.25) is 0 Å². The number of methoxy groups -OCH3 is 3. The Morgan fingerprint density at radius 3 is 1.13 bits per heavy atom. The van der Waals surface area contributed by atoms with Crippen LogP contribution in [-0.4, -0.2) is 49.2 Å². The van der Waals surface area contributed by atoms with E-state index in [4.69, 9.17) is 14.2 Å². The van der Waals surface area contributed by atoms with E-state index in [0.717, 1.165) is 82.6 Å². The minimum Gasteiger partial charge on any atom is -0.465 e. The summed E-state index contributed by atoms with van der Waals surface area (Å²) in [6, 6.07) is 50.9. The van der Waals surface area contributed by atoms with E-state index in [1.165, 1.54) is 43.6 Å². The van der Waals surface area contributed by atoms with Gasteiger partial charge in [0.1, 0.15) is 0 Å². The second-order valence-electron chi connectivity index (χ2n) is 19.4. The Morgan fingerprint density at radius 1 is 0.414 bits per heavy atom. The van der Waals surface area contributed by atoms with E-state index in [1.807, 2.05) is 84.9 Å². The minimum absolute atomic E-state index is 0.271. The molecule has 4 fully saturated rings. The van der Waals surface area contributed by atoms with Crippen LogP contribution in [0.5, 0.6) is 0 Å². The Morgan fingerprint density at radius 2 is 0.743 bits per heavy atom. The number of fused-ring (bicyclic) bond motifs is 3. The molecule has 0 radical (unpaired) electrons. The van der Waals surface area contributed by atoms with Crippen LogP contribution in [0.3, 0.4) is 0 Å². The number of aromatic nitrogens is 2. The average Bonchev–Trinajstić information content (AvgIpc) is 3.41. The lowest BCUT2D eigenvalue weighted by Crippen LogP contribution is -2.67. The van der Waals surface area contributed by atoms with Crippen LogP contribution in [0.25, 0.3) is 21.8 Å². The van der Waals surface area contributed by atoms with Crippen molar-refractivity contribution in [2.45, 2.75) is 60.2 Å². The molecule has 4 bridgehead atoms. The van der Waals surface area contributed by atoms with Gasteiger partial charge in [-0.3, -0.25) is 9.97 Å². The first-order valence-electron chi connectivity index (χ1n) is 23.5. The Balaban J connectivity index is 0.950. The number of carbonyl (C=O) groups excluding carboxylic acids is 3. The van der Waals surface area contributed by atoms with Crippen LogP contribution in [0.15, 0.2) is 164 Å². The highest BCUT2D eigenvalue weighted by molar-refractivity contribution is 6.05. The Kier molecular flexibility index (Phi) is 10.9. The predicted octanol–water partition coefficient (Wildman–Crippen LogP) is 11.4. The second kappa shape index (κ2) is 17.3. The van der Waals surface area contributed by atoms with Gasteiger partial charge in [0, 0.05) is 45.4 Å². The zero-order valence-corrected chi connectivity index (χ0v) is 39.2. The Bertz CT molecular complexity index is 3310. The zero-order valence-electron chi connectivity index (χ0n) is 39.2. The van der Waals surface area contributed by atoms with Gasteiger partial charge in [0.25, 0.3) is 0 Å². The van der Waals surface area contributed by atoms with Crippen molar-refractivity contribution in [3.8, 4) is 23.7 Å². The monoisotopic (exact) mass is 916 g/mol. The summed E-state index contributed by atoms with van der Waals surface area (Å²) in [6.45, 7) is 0. The maximum Gasteiger partial charge on any atom is 0.337 e. The van der Waals surface area contributed by atoms with E-state index < -0.39 is 0 Å². The Hall–Kier alpha value is -8.33. The van der Waals surface area contributed by atoms with E-state index in [1.54, 1.807) is 12.4 Å². The maximum absolute atomic E-state index is 12.7. The van der Waals surface area contributed by atoms with Gasteiger partial charge in [0.2, 0.25) is 0 Å². The highest BCUT2D eigenvalue weighted by Crippen LogP contribution is 2.74. The topological polar surface area (TPSA) is 105 Å². The lowest BCUT2D eigenvalue weighted by molar-refractivity contribution is -0.0692. The summed E-state index contributed by atoms with van der Waals surface area (Å²) in [5.41, 5.74) is 10.5. The van der Waals surface area contributed by atoms with Crippen molar-refractivity contribution in [1.82, 2.24) is 9.97 Å². The molecule has 2 heterocycles. The molecule has 12 rings (SSSR count). The number of benzene rings is 6. The van der Waals surface area contributed by atoms with Crippen LogP contribution < -0.4 is 0 Å². The summed E-state index contributed by atoms with van der Waals surface area (Å²) in [6.07, 6.45) is 8.98. The molecule has 0 N–H and O–H groups in total. The maximum atomic E-state index is 12.7. The smallest absolute Gasteiger partial charge is 0.337 e. The third-order valence-corrected chi connectivity index (χ3v) is 15.4. The van der Waals surface area contributed by atoms with Gasteiger partial charge in [-0.05, 0) is 180 Å². The molecule has 4 aliphatic rings. The molecular formula is C62H48N2O6. The normalized spacial score (nSPS) is 21.8. The number of ether oxygens (including phenoxy) is 3. The van der Waals surface area contributed by atoms with Gasteiger partial charge in [0.05, 0.1) is 49.1 Å². The molecule has 6 aromatic carbocycles.